The van der Waals surface area contributed by atoms with E-state index in [1.54, 1.807) is 18.2 Å². The number of nitrogens with zero attached hydrogens (tertiary/aromatic N) is 2. The predicted molar refractivity (Wildman–Crippen MR) is 55.8 cm³/mol. The molecule has 0 atom stereocenters. The molecule has 0 radical (unpaired) electrons. The summed E-state index contributed by atoms with van der Waals surface area (Å²) in [5, 5.41) is 17.0. The van der Waals surface area contributed by atoms with E-state index in [-0.39, 0.29) is 5.57 Å². The third-order valence-electron chi connectivity index (χ3n) is 1.86. The van der Waals surface area contributed by atoms with Gasteiger partial charge in [0.25, 0.3) is 0 Å². The van der Waals surface area contributed by atoms with Gasteiger partial charge in [0.1, 0.15) is 11.6 Å². The number of nitriles is 1. The van der Waals surface area contributed by atoms with Gasteiger partial charge in [-0.1, -0.05) is 6.08 Å². The zero-order valence-corrected chi connectivity index (χ0v) is 8.21. The highest BCUT2D eigenvalue weighted by molar-refractivity contribution is 5.91. The SMILES string of the molecule is Cn1cccc1C=CC=C(C#N)C(=O)O. The van der Waals surface area contributed by atoms with Gasteiger partial charge in [0, 0.05) is 18.9 Å². The Hall–Kier alpha value is -2.28. The summed E-state index contributed by atoms with van der Waals surface area (Å²) in [7, 11) is 1.88. The van der Waals surface area contributed by atoms with E-state index in [4.69, 9.17) is 10.4 Å². The molecule has 4 heteroatoms. The number of hydrogen-bond acceptors (Lipinski definition) is 2. The first-order valence-corrected chi connectivity index (χ1v) is 4.28. The molecule has 1 N–H and O–H groups in total. The van der Waals surface area contributed by atoms with Crippen LogP contribution in [0.4, 0.5) is 0 Å². The number of hydrogen-bond donors (Lipinski definition) is 1. The van der Waals surface area contributed by atoms with E-state index in [1.807, 2.05) is 29.9 Å². The van der Waals surface area contributed by atoms with Crippen molar-refractivity contribution in [3.63, 3.8) is 0 Å². The molecule has 76 valence electrons. The fourth-order valence-electron chi connectivity index (χ4n) is 1.05. The van der Waals surface area contributed by atoms with Gasteiger partial charge in [-0.3, -0.25) is 0 Å². The van der Waals surface area contributed by atoms with E-state index in [9.17, 15) is 4.79 Å². The summed E-state index contributed by atoms with van der Waals surface area (Å²) in [5.41, 5.74) is 0.661. The van der Waals surface area contributed by atoms with E-state index in [2.05, 4.69) is 0 Å². The molecule has 0 spiro atoms. The number of carboxylic acids is 1. The molecule has 15 heavy (non-hydrogen) atoms. The molecule has 1 heterocycles. The lowest BCUT2D eigenvalue weighted by Crippen LogP contribution is -1.96. The second kappa shape index (κ2) is 4.82. The van der Waals surface area contributed by atoms with Crippen molar-refractivity contribution in [1.82, 2.24) is 4.57 Å². The van der Waals surface area contributed by atoms with Gasteiger partial charge in [0.15, 0.2) is 0 Å². The van der Waals surface area contributed by atoms with Gasteiger partial charge in [0.05, 0.1) is 0 Å². The van der Waals surface area contributed by atoms with Gasteiger partial charge in [0.2, 0.25) is 0 Å². The van der Waals surface area contributed by atoms with Gasteiger partial charge in [-0.2, -0.15) is 5.26 Å². The number of aryl methyl sites for hydroxylation is 1. The van der Waals surface area contributed by atoms with Crippen LogP contribution < -0.4 is 0 Å². The van der Waals surface area contributed by atoms with E-state index in [0.717, 1.165) is 5.69 Å². The molecular formula is C11H10N2O2. The van der Waals surface area contributed by atoms with Crippen molar-refractivity contribution in [3.8, 4) is 6.07 Å². The molecule has 1 aromatic heterocycles. The van der Waals surface area contributed by atoms with Crippen LogP contribution in [0.5, 0.6) is 0 Å². The Balaban J connectivity index is 2.80. The van der Waals surface area contributed by atoms with Crippen LogP contribution in [0.25, 0.3) is 6.08 Å². The third-order valence-corrected chi connectivity index (χ3v) is 1.86. The second-order valence-electron chi connectivity index (χ2n) is 2.90. The highest BCUT2D eigenvalue weighted by Crippen LogP contribution is 2.03. The van der Waals surface area contributed by atoms with E-state index >= 15 is 0 Å². The van der Waals surface area contributed by atoms with Crippen molar-refractivity contribution >= 4 is 12.0 Å². The Labute approximate surface area is 87.4 Å². The Kier molecular flexibility index (Phi) is 3.47. The van der Waals surface area contributed by atoms with Crippen molar-refractivity contribution in [1.29, 1.82) is 5.26 Å². The van der Waals surface area contributed by atoms with Crippen molar-refractivity contribution in [2.24, 2.45) is 7.05 Å². The first kappa shape index (κ1) is 10.8. The molecule has 1 rings (SSSR count). The summed E-state index contributed by atoms with van der Waals surface area (Å²) in [5.74, 6) is -1.21. The summed E-state index contributed by atoms with van der Waals surface area (Å²) >= 11 is 0. The normalized spacial score (nSPS) is 11.6. The molecule has 0 fully saturated rings. The van der Waals surface area contributed by atoms with Crippen LogP contribution in [0.1, 0.15) is 5.69 Å². The minimum Gasteiger partial charge on any atom is -0.477 e. The van der Waals surface area contributed by atoms with Crippen molar-refractivity contribution in [2.45, 2.75) is 0 Å². The van der Waals surface area contributed by atoms with E-state index in [1.165, 1.54) is 6.08 Å². The summed E-state index contributed by atoms with van der Waals surface area (Å²) in [6.45, 7) is 0. The van der Waals surface area contributed by atoms with Gasteiger partial charge < -0.3 is 9.67 Å². The molecule has 0 saturated carbocycles. The Morgan fingerprint density at radius 3 is 2.87 bits per heavy atom. The molecule has 0 aliphatic heterocycles. The zero-order chi connectivity index (χ0) is 11.3. The van der Waals surface area contributed by atoms with Crippen LogP contribution in [0, 0.1) is 11.3 Å². The monoisotopic (exact) mass is 202 g/mol. The first-order chi connectivity index (χ1) is 7.15. The number of carbonyl (C=O) groups is 1. The lowest BCUT2D eigenvalue weighted by molar-refractivity contribution is -0.132. The van der Waals surface area contributed by atoms with Crippen molar-refractivity contribution in [3.05, 3.63) is 41.7 Å². The van der Waals surface area contributed by atoms with Gasteiger partial charge in [-0.25, -0.2) is 4.79 Å². The fraction of sp³-hybridized carbons (Fsp3) is 0.0909. The van der Waals surface area contributed by atoms with E-state index < -0.39 is 5.97 Å². The Morgan fingerprint density at radius 1 is 1.67 bits per heavy atom. The van der Waals surface area contributed by atoms with Crippen LogP contribution in [0.15, 0.2) is 36.1 Å². The third kappa shape index (κ3) is 2.85. The molecular weight excluding hydrogens is 192 g/mol. The molecule has 1 aromatic rings. The minimum atomic E-state index is -1.21. The molecule has 0 aliphatic rings. The van der Waals surface area contributed by atoms with Gasteiger partial charge in [-0.05, 0) is 24.3 Å². The number of allylic oxidation sites excluding steroid dienone is 2. The van der Waals surface area contributed by atoms with E-state index in [0.29, 0.717) is 0 Å². The molecule has 0 bridgehead atoms. The number of rotatable bonds is 3. The molecule has 4 nitrogen and oxygen atoms in total. The molecule has 0 saturated heterocycles. The molecule has 0 amide bonds. The Bertz CT molecular complexity index is 461. The maximum absolute atomic E-state index is 10.5. The standard InChI is InChI=1S/C11H10N2O2/c1-13-7-3-6-10(13)5-2-4-9(8-12)11(14)15/h2-7H,1H3,(H,14,15). The fourth-order valence-corrected chi connectivity index (χ4v) is 1.05. The summed E-state index contributed by atoms with van der Waals surface area (Å²) in [4.78, 5) is 10.5. The van der Waals surface area contributed by atoms with Crippen LogP contribution in [-0.4, -0.2) is 15.6 Å². The minimum absolute atomic E-state index is 0.277. The van der Waals surface area contributed by atoms with Crippen LogP contribution in [0.2, 0.25) is 0 Å². The maximum atomic E-state index is 10.5. The summed E-state index contributed by atoms with van der Waals surface area (Å²) < 4.78 is 1.89. The number of carboxylic acid groups (broad SMARTS) is 1. The largest absolute Gasteiger partial charge is 0.477 e. The first-order valence-electron chi connectivity index (χ1n) is 4.28. The van der Waals surface area contributed by atoms with Gasteiger partial charge in [-0.15, -0.1) is 0 Å². The lowest BCUT2D eigenvalue weighted by Gasteiger charge is -1.93. The molecule has 0 aromatic carbocycles. The van der Waals surface area contributed by atoms with Crippen LogP contribution in [0.3, 0.4) is 0 Å². The van der Waals surface area contributed by atoms with Crippen LogP contribution >= 0.6 is 0 Å². The van der Waals surface area contributed by atoms with Crippen molar-refractivity contribution in [2.75, 3.05) is 0 Å². The lowest BCUT2D eigenvalue weighted by atomic mass is 10.2. The topological polar surface area (TPSA) is 66.0 Å². The van der Waals surface area contributed by atoms with Gasteiger partial charge >= 0.3 is 5.97 Å². The summed E-state index contributed by atoms with van der Waals surface area (Å²) in [6, 6.07) is 5.37. The maximum Gasteiger partial charge on any atom is 0.346 e. The quantitative estimate of drug-likeness (QED) is 0.459. The smallest absolute Gasteiger partial charge is 0.346 e. The highest BCUT2D eigenvalue weighted by Gasteiger charge is 2.02. The average Bonchev–Trinajstić information content (AvgIpc) is 2.58. The molecule has 0 unspecified atom stereocenters. The van der Waals surface area contributed by atoms with Crippen molar-refractivity contribution < 1.29 is 9.90 Å². The predicted octanol–water partition coefficient (Wildman–Crippen LogP) is 1.57. The molecule has 0 aliphatic carbocycles. The highest BCUT2D eigenvalue weighted by atomic mass is 16.4. The second-order valence-corrected chi connectivity index (χ2v) is 2.90. The Morgan fingerprint density at radius 2 is 2.40 bits per heavy atom. The summed E-state index contributed by atoms with van der Waals surface area (Å²) in [6.07, 6.45) is 6.43. The number of aromatic nitrogens is 1. The average molecular weight is 202 g/mol. The number of aliphatic carboxylic acids is 1. The van der Waals surface area contributed by atoms with Crippen LogP contribution in [-0.2, 0) is 11.8 Å². The zero-order valence-electron chi connectivity index (χ0n) is 8.21.